The summed E-state index contributed by atoms with van der Waals surface area (Å²) in [5, 5.41) is 6.05. The van der Waals surface area contributed by atoms with E-state index in [4.69, 9.17) is 9.98 Å². The van der Waals surface area contributed by atoms with E-state index in [1.807, 2.05) is 6.07 Å². The van der Waals surface area contributed by atoms with Gasteiger partial charge in [-0.05, 0) is 57.5 Å². The van der Waals surface area contributed by atoms with Crippen molar-refractivity contribution in [1.82, 2.24) is 5.32 Å². The highest BCUT2D eigenvalue weighted by Crippen LogP contribution is 2.45. The Hall–Kier alpha value is -5.28. The lowest BCUT2D eigenvalue weighted by atomic mass is 9.65. The molecule has 0 aromatic heterocycles. The van der Waals surface area contributed by atoms with Crippen LogP contribution < -0.4 is 5.32 Å². The van der Waals surface area contributed by atoms with E-state index in [1.165, 1.54) is 65.1 Å². The lowest BCUT2D eigenvalue weighted by molar-refractivity contribution is 0.346. The second-order valence-electron chi connectivity index (χ2n) is 12.6. The first kappa shape index (κ1) is 28.2. The molecule has 0 amide bonds. The monoisotopic (exact) mass is 595 g/mol. The highest BCUT2D eigenvalue weighted by Gasteiger charge is 2.36. The third kappa shape index (κ3) is 5.43. The number of rotatable bonds is 6. The molecule has 1 aliphatic heterocycles. The van der Waals surface area contributed by atoms with E-state index in [2.05, 4.69) is 151 Å². The van der Waals surface area contributed by atoms with Crippen molar-refractivity contribution in [3.63, 3.8) is 0 Å². The van der Waals surface area contributed by atoms with E-state index >= 15 is 0 Å². The fourth-order valence-corrected chi connectivity index (χ4v) is 7.32. The first-order chi connectivity index (χ1) is 22.7. The molecule has 46 heavy (non-hydrogen) atoms. The van der Waals surface area contributed by atoms with Crippen molar-refractivity contribution in [2.24, 2.45) is 9.98 Å². The van der Waals surface area contributed by atoms with Gasteiger partial charge in [0.25, 0.3) is 0 Å². The maximum Gasteiger partial charge on any atom is 0.159 e. The number of hydrogen-bond donors (Lipinski definition) is 1. The highest BCUT2D eigenvalue weighted by atomic mass is 15.2. The molecule has 1 N–H and O–H groups in total. The lowest BCUT2D eigenvalue weighted by Crippen LogP contribution is -2.34. The van der Waals surface area contributed by atoms with Gasteiger partial charge in [0.1, 0.15) is 12.0 Å². The van der Waals surface area contributed by atoms with E-state index in [-0.39, 0.29) is 11.6 Å². The first-order valence-electron chi connectivity index (χ1n) is 16.5. The highest BCUT2D eigenvalue weighted by molar-refractivity contribution is 6.13. The zero-order valence-corrected chi connectivity index (χ0v) is 25.9. The van der Waals surface area contributed by atoms with Crippen LogP contribution in [0.25, 0.3) is 21.9 Å². The Bertz CT molecular complexity index is 2020. The Morgan fingerprint density at radius 3 is 1.76 bits per heavy atom. The Kier molecular flexibility index (Phi) is 7.51. The minimum absolute atomic E-state index is 0.0259. The van der Waals surface area contributed by atoms with Gasteiger partial charge < -0.3 is 5.32 Å². The molecule has 1 aliphatic carbocycles. The van der Waals surface area contributed by atoms with Gasteiger partial charge in [-0.3, -0.25) is 0 Å². The van der Waals surface area contributed by atoms with Crippen LogP contribution in [0, 0.1) is 0 Å². The quantitative estimate of drug-likeness (QED) is 0.204. The zero-order valence-electron chi connectivity index (χ0n) is 25.9. The summed E-state index contributed by atoms with van der Waals surface area (Å²) in [7, 11) is 0. The van der Waals surface area contributed by atoms with Gasteiger partial charge >= 0.3 is 0 Å². The van der Waals surface area contributed by atoms with Crippen LogP contribution in [0.3, 0.4) is 0 Å². The minimum Gasteiger partial charge on any atom is -0.344 e. The van der Waals surface area contributed by atoms with Gasteiger partial charge in [-0.15, -0.1) is 0 Å². The summed E-state index contributed by atoms with van der Waals surface area (Å²) in [6, 6.07) is 54.5. The van der Waals surface area contributed by atoms with Crippen LogP contribution in [0.2, 0.25) is 0 Å². The molecule has 0 spiro atoms. The maximum absolute atomic E-state index is 5.12. The second kappa shape index (κ2) is 12.3. The predicted molar refractivity (Wildman–Crippen MR) is 192 cm³/mol. The van der Waals surface area contributed by atoms with Gasteiger partial charge in [0.15, 0.2) is 5.84 Å². The van der Waals surface area contributed by atoms with E-state index in [1.54, 1.807) is 0 Å². The van der Waals surface area contributed by atoms with Crippen LogP contribution in [-0.2, 0) is 5.41 Å². The normalized spacial score (nSPS) is 17.5. The summed E-state index contributed by atoms with van der Waals surface area (Å²) in [5.74, 6) is 1.60. The number of hydrogen-bond acceptors (Lipinski definition) is 3. The molecule has 2 aliphatic rings. The van der Waals surface area contributed by atoms with Crippen LogP contribution >= 0.6 is 0 Å². The molecule has 0 bridgehead atoms. The second-order valence-corrected chi connectivity index (χ2v) is 12.6. The van der Waals surface area contributed by atoms with Crippen molar-refractivity contribution < 1.29 is 0 Å². The van der Waals surface area contributed by atoms with E-state index in [9.17, 15) is 0 Å². The third-order valence-corrected chi connectivity index (χ3v) is 9.83. The summed E-state index contributed by atoms with van der Waals surface area (Å²) < 4.78 is 0. The average molecular weight is 596 g/mol. The van der Waals surface area contributed by atoms with E-state index in [0.717, 1.165) is 28.4 Å². The number of benzene rings is 6. The number of nitrogens with one attached hydrogen (secondary N) is 1. The van der Waals surface area contributed by atoms with Gasteiger partial charge in [0, 0.05) is 16.5 Å². The van der Waals surface area contributed by atoms with Crippen molar-refractivity contribution in [2.45, 2.75) is 43.7 Å². The van der Waals surface area contributed by atoms with Crippen LogP contribution in [0.15, 0.2) is 162 Å². The molecular formula is C43H37N3. The van der Waals surface area contributed by atoms with Gasteiger partial charge in [0.2, 0.25) is 0 Å². The van der Waals surface area contributed by atoms with Crippen molar-refractivity contribution >= 4 is 22.4 Å². The van der Waals surface area contributed by atoms with E-state index in [0.29, 0.717) is 0 Å². The summed E-state index contributed by atoms with van der Waals surface area (Å²) in [6.45, 7) is 0. The largest absolute Gasteiger partial charge is 0.344 e. The molecule has 1 atom stereocenters. The van der Waals surface area contributed by atoms with Gasteiger partial charge in [-0.1, -0.05) is 165 Å². The van der Waals surface area contributed by atoms with Gasteiger partial charge in [-0.2, -0.15) is 0 Å². The molecule has 1 heterocycles. The molecule has 6 aromatic rings. The molecule has 0 saturated heterocycles. The molecule has 3 nitrogen and oxygen atoms in total. The third-order valence-electron chi connectivity index (χ3n) is 9.83. The average Bonchev–Trinajstić information content (AvgIpc) is 3.15. The summed E-state index contributed by atoms with van der Waals surface area (Å²) in [5.41, 5.74) is 8.58. The number of aliphatic imine (C=N–C) groups is 2. The molecule has 1 fully saturated rings. The smallest absolute Gasteiger partial charge is 0.159 e. The van der Waals surface area contributed by atoms with Crippen LogP contribution in [0.5, 0.6) is 0 Å². The minimum atomic E-state index is -0.220. The van der Waals surface area contributed by atoms with Crippen LogP contribution in [0.4, 0.5) is 0 Å². The van der Waals surface area contributed by atoms with Gasteiger partial charge in [0.05, 0.1) is 0 Å². The number of amidine groups is 2. The molecule has 6 aromatic carbocycles. The first-order valence-corrected chi connectivity index (χ1v) is 16.5. The van der Waals surface area contributed by atoms with Crippen molar-refractivity contribution in [3.8, 4) is 11.1 Å². The topological polar surface area (TPSA) is 36.8 Å². The number of fused-ring (bicyclic) bond motifs is 1. The maximum atomic E-state index is 5.12. The number of nitrogens with zero attached hydrogens (tertiary/aromatic N) is 2. The molecule has 1 saturated carbocycles. The lowest BCUT2D eigenvalue weighted by Gasteiger charge is -2.39. The fourth-order valence-electron chi connectivity index (χ4n) is 7.32. The Labute approximate surface area is 271 Å². The van der Waals surface area contributed by atoms with Gasteiger partial charge in [-0.25, -0.2) is 9.98 Å². The Balaban J connectivity index is 1.14. The van der Waals surface area contributed by atoms with Crippen molar-refractivity contribution in [1.29, 1.82) is 0 Å². The Morgan fingerprint density at radius 2 is 1.07 bits per heavy atom. The zero-order chi connectivity index (χ0) is 30.8. The summed E-state index contributed by atoms with van der Waals surface area (Å²) >= 11 is 0. The SMILES string of the molecule is c1ccc(-c2ccc(C3(c4ccc(C5=NC(c6ccc7ccccc7c6)=NC(c6ccccc6)N5)cc4)CCCCC3)cc2)cc1. The van der Waals surface area contributed by atoms with Crippen molar-refractivity contribution in [3.05, 3.63) is 179 Å². The summed E-state index contributed by atoms with van der Waals surface area (Å²) in [6.07, 6.45) is 5.93. The van der Waals surface area contributed by atoms with Crippen LogP contribution in [0.1, 0.15) is 66.1 Å². The molecule has 224 valence electrons. The molecular weight excluding hydrogens is 558 g/mol. The summed E-state index contributed by atoms with van der Waals surface area (Å²) in [4.78, 5) is 10.2. The van der Waals surface area contributed by atoms with E-state index < -0.39 is 0 Å². The molecule has 0 radical (unpaired) electrons. The predicted octanol–water partition coefficient (Wildman–Crippen LogP) is 10.3. The van der Waals surface area contributed by atoms with Crippen molar-refractivity contribution in [2.75, 3.05) is 0 Å². The Morgan fingerprint density at radius 1 is 0.500 bits per heavy atom. The standard InChI is InChI=1S/C43H37N3/c1-4-12-31(13-5-1)33-20-24-38(25-21-33)43(28-10-3-11-29-43)39-26-22-35(23-27-39)41-44-40(34-15-6-2-7-16-34)45-42(46-41)37-19-18-32-14-8-9-17-36(32)30-37/h1-2,4-9,12-27,30,40H,3,10-11,28-29H2,(H,44,45,46). The molecule has 8 rings (SSSR count). The van der Waals surface area contributed by atoms with Crippen LogP contribution in [-0.4, -0.2) is 11.7 Å². The molecule has 1 unspecified atom stereocenters. The molecule has 3 heteroatoms. The fraction of sp³-hybridized carbons (Fsp3) is 0.163.